The molecule has 1 fully saturated rings. The highest BCUT2D eigenvalue weighted by atomic mass is 35.5. The molecule has 1 saturated heterocycles. The summed E-state index contributed by atoms with van der Waals surface area (Å²) in [7, 11) is -3.10. The van der Waals surface area contributed by atoms with E-state index in [-0.39, 0.29) is 6.10 Å². The monoisotopic (exact) mass is 353 g/mol. The average Bonchev–Trinajstić information content (AvgIpc) is 2.52. The van der Waals surface area contributed by atoms with Crippen molar-refractivity contribution < 1.29 is 13.6 Å². The van der Waals surface area contributed by atoms with Gasteiger partial charge in [0.15, 0.2) is 0 Å². The topological polar surface area (TPSA) is 47.6 Å². The predicted octanol–water partition coefficient (Wildman–Crippen LogP) is 5.65. The second-order valence-corrected chi connectivity index (χ2v) is 8.18. The Kier molecular flexibility index (Phi) is 11.9. The zero-order valence-corrected chi connectivity index (χ0v) is 15.7. The molecule has 0 aromatic heterocycles. The highest BCUT2D eigenvalue weighted by molar-refractivity contribution is 7.51. The van der Waals surface area contributed by atoms with Gasteiger partial charge < -0.3 is 0 Å². The van der Waals surface area contributed by atoms with Crippen molar-refractivity contribution in [1.82, 2.24) is 5.09 Å². The second-order valence-electron chi connectivity index (χ2n) is 6.09. The summed E-state index contributed by atoms with van der Waals surface area (Å²) in [4.78, 5) is 0. The lowest BCUT2D eigenvalue weighted by Crippen LogP contribution is -2.28. The van der Waals surface area contributed by atoms with Gasteiger partial charge in [-0.15, -0.1) is 11.6 Å². The Morgan fingerprint density at radius 2 is 1.64 bits per heavy atom. The second kappa shape index (κ2) is 12.8. The van der Waals surface area contributed by atoms with Crippen LogP contribution in [0.15, 0.2) is 0 Å². The van der Waals surface area contributed by atoms with Crippen LogP contribution in [-0.4, -0.2) is 25.1 Å². The SMILES string of the molecule is CCCCCCCCCCCCN[P@]1(=O)OCC[C@@H](CCl)O1. The molecule has 4 nitrogen and oxygen atoms in total. The van der Waals surface area contributed by atoms with E-state index in [1.54, 1.807) is 0 Å². The molecule has 0 bridgehead atoms. The Balaban J connectivity index is 1.91. The molecular weight excluding hydrogens is 321 g/mol. The van der Waals surface area contributed by atoms with Gasteiger partial charge in [0.05, 0.1) is 12.7 Å². The van der Waals surface area contributed by atoms with Crippen molar-refractivity contribution in [3.05, 3.63) is 0 Å². The molecule has 0 aromatic carbocycles. The van der Waals surface area contributed by atoms with Gasteiger partial charge in [0.25, 0.3) is 0 Å². The lowest BCUT2D eigenvalue weighted by molar-refractivity contribution is 0.0884. The number of nitrogens with one attached hydrogen (secondary N) is 1. The maximum absolute atomic E-state index is 12.2. The first-order valence-corrected chi connectivity index (χ1v) is 11.0. The molecule has 0 unspecified atom stereocenters. The number of hydrogen-bond donors (Lipinski definition) is 1. The number of unbranched alkanes of at least 4 members (excludes halogenated alkanes) is 9. The van der Waals surface area contributed by atoms with Crippen molar-refractivity contribution in [2.45, 2.75) is 83.7 Å². The zero-order chi connectivity index (χ0) is 16.1. The van der Waals surface area contributed by atoms with Crippen LogP contribution in [0.25, 0.3) is 0 Å². The summed E-state index contributed by atoms with van der Waals surface area (Å²) in [6.07, 6.45) is 13.5. The molecule has 0 spiro atoms. The maximum atomic E-state index is 12.2. The van der Waals surface area contributed by atoms with Gasteiger partial charge in [0.1, 0.15) is 0 Å². The Hall–Kier alpha value is 0.400. The van der Waals surface area contributed by atoms with Crippen LogP contribution < -0.4 is 5.09 Å². The van der Waals surface area contributed by atoms with Gasteiger partial charge >= 0.3 is 7.75 Å². The Labute approximate surface area is 141 Å². The summed E-state index contributed by atoms with van der Waals surface area (Å²) in [5.41, 5.74) is 0. The van der Waals surface area contributed by atoms with Crippen LogP contribution in [0.1, 0.15) is 77.6 Å². The van der Waals surface area contributed by atoms with E-state index in [2.05, 4.69) is 12.0 Å². The van der Waals surface area contributed by atoms with E-state index in [9.17, 15) is 4.57 Å². The fourth-order valence-corrected chi connectivity index (χ4v) is 4.48. The van der Waals surface area contributed by atoms with Crippen LogP contribution in [-0.2, 0) is 13.6 Å². The molecule has 0 saturated carbocycles. The standard InChI is InChI=1S/C16H33ClNO3P/c1-2-3-4-5-6-7-8-9-10-11-13-18-22(19)20-14-12-16(15-17)21-22/h16H,2-15H2,1H3,(H,18,19)/t16-,22-/m0/s1. The Morgan fingerprint density at radius 3 is 2.23 bits per heavy atom. The third-order valence-electron chi connectivity index (χ3n) is 4.00. The molecule has 22 heavy (non-hydrogen) atoms. The Bertz CT molecular complexity index is 318. The van der Waals surface area contributed by atoms with E-state index in [1.165, 1.54) is 57.8 Å². The van der Waals surface area contributed by atoms with E-state index >= 15 is 0 Å². The first kappa shape index (κ1) is 20.4. The lowest BCUT2D eigenvalue weighted by Gasteiger charge is -2.28. The molecule has 0 aromatic rings. The molecule has 0 aliphatic carbocycles. The molecular formula is C16H33ClNO3P. The third-order valence-corrected chi connectivity index (χ3v) is 6.05. The normalized spacial score (nSPS) is 25.5. The molecule has 6 heteroatoms. The van der Waals surface area contributed by atoms with Gasteiger partial charge in [0, 0.05) is 12.4 Å². The number of alkyl halides is 1. The summed E-state index contributed by atoms with van der Waals surface area (Å²) in [5, 5.41) is 2.94. The average molecular weight is 354 g/mol. The van der Waals surface area contributed by atoms with Crippen LogP contribution in [0, 0.1) is 0 Å². The van der Waals surface area contributed by atoms with Gasteiger partial charge in [-0.1, -0.05) is 64.7 Å². The lowest BCUT2D eigenvalue weighted by atomic mass is 10.1. The summed E-state index contributed by atoms with van der Waals surface area (Å²) >= 11 is 5.75. The highest BCUT2D eigenvalue weighted by Crippen LogP contribution is 2.48. The predicted molar refractivity (Wildman–Crippen MR) is 93.6 cm³/mol. The van der Waals surface area contributed by atoms with Crippen LogP contribution in [0.3, 0.4) is 0 Å². The minimum Gasteiger partial charge on any atom is -0.297 e. The molecule has 132 valence electrons. The largest absolute Gasteiger partial charge is 0.405 e. The summed E-state index contributed by atoms with van der Waals surface area (Å²) < 4.78 is 22.9. The van der Waals surface area contributed by atoms with Crippen molar-refractivity contribution in [1.29, 1.82) is 0 Å². The van der Waals surface area contributed by atoms with E-state index in [0.717, 1.165) is 6.42 Å². The smallest absolute Gasteiger partial charge is 0.297 e. The third kappa shape index (κ3) is 9.52. The minimum absolute atomic E-state index is 0.151. The first-order valence-electron chi connectivity index (χ1n) is 8.94. The molecule has 1 heterocycles. The van der Waals surface area contributed by atoms with Crippen molar-refractivity contribution in [3.63, 3.8) is 0 Å². The molecule has 0 amide bonds. The summed E-state index contributed by atoms with van der Waals surface area (Å²) in [5.74, 6) is 0.368. The minimum atomic E-state index is -3.10. The van der Waals surface area contributed by atoms with E-state index in [4.69, 9.17) is 20.6 Å². The van der Waals surface area contributed by atoms with Crippen molar-refractivity contribution >= 4 is 19.3 Å². The number of rotatable bonds is 13. The fraction of sp³-hybridized carbons (Fsp3) is 1.00. The molecule has 1 aliphatic rings. The van der Waals surface area contributed by atoms with E-state index in [0.29, 0.717) is 25.5 Å². The van der Waals surface area contributed by atoms with Gasteiger partial charge in [-0.2, -0.15) is 0 Å². The molecule has 0 radical (unpaired) electrons. The van der Waals surface area contributed by atoms with Crippen LogP contribution in [0.5, 0.6) is 0 Å². The fourth-order valence-electron chi connectivity index (χ4n) is 2.60. The van der Waals surface area contributed by atoms with Crippen molar-refractivity contribution in [3.8, 4) is 0 Å². The maximum Gasteiger partial charge on any atom is 0.405 e. The quantitative estimate of drug-likeness (QED) is 0.264. The van der Waals surface area contributed by atoms with Crippen LogP contribution in [0.4, 0.5) is 0 Å². The summed E-state index contributed by atoms with van der Waals surface area (Å²) in [6.45, 7) is 3.39. The van der Waals surface area contributed by atoms with Crippen molar-refractivity contribution in [2.75, 3.05) is 19.0 Å². The van der Waals surface area contributed by atoms with Gasteiger partial charge in [-0.3, -0.25) is 9.05 Å². The van der Waals surface area contributed by atoms with Crippen LogP contribution >= 0.6 is 19.3 Å². The Morgan fingerprint density at radius 1 is 1.05 bits per heavy atom. The number of halogens is 1. The van der Waals surface area contributed by atoms with E-state index in [1.807, 2.05) is 0 Å². The van der Waals surface area contributed by atoms with Crippen molar-refractivity contribution in [2.24, 2.45) is 0 Å². The molecule has 1 aliphatic heterocycles. The highest BCUT2D eigenvalue weighted by Gasteiger charge is 2.32. The zero-order valence-electron chi connectivity index (χ0n) is 14.0. The van der Waals surface area contributed by atoms with Gasteiger partial charge in [-0.25, -0.2) is 9.65 Å². The molecule has 1 N–H and O–H groups in total. The van der Waals surface area contributed by atoms with Gasteiger partial charge in [-0.05, 0) is 12.8 Å². The molecule has 1 rings (SSSR count). The summed E-state index contributed by atoms with van der Waals surface area (Å²) in [6, 6.07) is 0. The van der Waals surface area contributed by atoms with Crippen LogP contribution in [0.2, 0.25) is 0 Å². The van der Waals surface area contributed by atoms with Gasteiger partial charge in [0.2, 0.25) is 0 Å². The number of hydrogen-bond acceptors (Lipinski definition) is 3. The van der Waals surface area contributed by atoms with E-state index < -0.39 is 7.75 Å². The first-order chi connectivity index (χ1) is 10.7. The molecule has 2 atom stereocenters.